The minimum atomic E-state index is -0.379. The lowest BCUT2D eigenvalue weighted by Crippen LogP contribution is -2.02. The summed E-state index contributed by atoms with van der Waals surface area (Å²) in [5, 5.41) is 10.4. The Morgan fingerprint density at radius 2 is 1.85 bits per heavy atom. The monoisotopic (exact) mass is 456 g/mol. The van der Waals surface area contributed by atoms with Crippen molar-refractivity contribution in [2.45, 2.75) is 6.61 Å². The quantitative estimate of drug-likeness (QED) is 0.261. The molecule has 0 saturated carbocycles. The van der Waals surface area contributed by atoms with E-state index in [1.807, 2.05) is 48.5 Å². The maximum atomic E-state index is 11.6. The van der Waals surface area contributed by atoms with Crippen LogP contribution in [0.1, 0.15) is 26.5 Å². The fourth-order valence-electron chi connectivity index (χ4n) is 3.21. The molecule has 4 rings (SSSR count). The molecule has 0 amide bonds. The molecular formula is C26H20N2O4S. The number of carbonyl (C=O) groups excluding carboxylic acids is 1. The highest BCUT2D eigenvalue weighted by Gasteiger charge is 2.11. The van der Waals surface area contributed by atoms with Crippen LogP contribution in [0.5, 0.6) is 11.5 Å². The summed E-state index contributed by atoms with van der Waals surface area (Å²) in [5.74, 6) is 0.747. The van der Waals surface area contributed by atoms with Gasteiger partial charge >= 0.3 is 5.97 Å². The number of hydrogen-bond donors (Lipinski definition) is 0. The number of rotatable bonds is 7. The largest absolute Gasteiger partial charge is 0.493 e. The van der Waals surface area contributed by atoms with Gasteiger partial charge in [0.1, 0.15) is 17.7 Å². The molecule has 1 aromatic heterocycles. The van der Waals surface area contributed by atoms with Gasteiger partial charge in [-0.05, 0) is 53.6 Å². The lowest BCUT2D eigenvalue weighted by molar-refractivity contribution is 0.0600. The summed E-state index contributed by atoms with van der Waals surface area (Å²) in [4.78, 5) is 16.1. The lowest BCUT2D eigenvalue weighted by atomic mass is 10.1. The third-order valence-electron chi connectivity index (χ3n) is 4.91. The predicted molar refractivity (Wildman–Crippen MR) is 128 cm³/mol. The van der Waals surface area contributed by atoms with E-state index in [1.54, 1.807) is 31.4 Å². The van der Waals surface area contributed by atoms with E-state index in [-0.39, 0.29) is 5.97 Å². The van der Waals surface area contributed by atoms with E-state index in [0.29, 0.717) is 34.3 Å². The van der Waals surface area contributed by atoms with Crippen LogP contribution in [-0.4, -0.2) is 25.2 Å². The summed E-state index contributed by atoms with van der Waals surface area (Å²) in [6, 6.07) is 22.6. The van der Waals surface area contributed by atoms with Crippen molar-refractivity contribution >= 4 is 39.2 Å². The zero-order valence-electron chi connectivity index (χ0n) is 18.1. The predicted octanol–water partition coefficient (Wildman–Crippen LogP) is 5.73. The fraction of sp³-hybridized carbons (Fsp3) is 0.115. The number of aromatic nitrogens is 1. The zero-order chi connectivity index (χ0) is 23.2. The summed E-state index contributed by atoms with van der Waals surface area (Å²) in [5.41, 5.74) is 3.54. The molecule has 0 atom stereocenters. The molecule has 7 heteroatoms. The van der Waals surface area contributed by atoms with Crippen LogP contribution in [-0.2, 0) is 11.3 Å². The van der Waals surface area contributed by atoms with Gasteiger partial charge in [-0.25, -0.2) is 9.78 Å². The van der Waals surface area contributed by atoms with Crippen molar-refractivity contribution in [2.75, 3.05) is 14.2 Å². The molecule has 0 N–H and O–H groups in total. The first-order chi connectivity index (χ1) is 16.1. The zero-order valence-corrected chi connectivity index (χ0v) is 18.9. The number of benzene rings is 3. The maximum absolute atomic E-state index is 11.6. The Bertz CT molecular complexity index is 1330. The van der Waals surface area contributed by atoms with Gasteiger partial charge in [-0.2, -0.15) is 5.26 Å². The van der Waals surface area contributed by atoms with Crippen molar-refractivity contribution in [1.29, 1.82) is 5.26 Å². The highest BCUT2D eigenvalue weighted by molar-refractivity contribution is 7.19. The van der Waals surface area contributed by atoms with E-state index in [1.165, 1.54) is 18.4 Å². The van der Waals surface area contributed by atoms with Crippen LogP contribution < -0.4 is 9.47 Å². The molecule has 6 nitrogen and oxygen atoms in total. The Hall–Kier alpha value is -4.15. The number of fused-ring (bicyclic) bond motifs is 1. The van der Waals surface area contributed by atoms with Crippen molar-refractivity contribution in [3.05, 3.63) is 88.4 Å². The van der Waals surface area contributed by atoms with Crippen molar-refractivity contribution in [3.63, 3.8) is 0 Å². The molecule has 4 aromatic rings. The molecule has 0 aliphatic rings. The fourth-order valence-corrected chi connectivity index (χ4v) is 4.14. The van der Waals surface area contributed by atoms with E-state index in [2.05, 4.69) is 11.1 Å². The summed E-state index contributed by atoms with van der Waals surface area (Å²) >= 11 is 1.49. The number of para-hydroxylation sites is 1. The molecule has 1 heterocycles. The van der Waals surface area contributed by atoms with Gasteiger partial charge in [0.15, 0.2) is 11.5 Å². The van der Waals surface area contributed by atoms with Crippen LogP contribution in [0.25, 0.3) is 21.9 Å². The van der Waals surface area contributed by atoms with E-state index < -0.39 is 0 Å². The Morgan fingerprint density at radius 3 is 2.55 bits per heavy atom. The van der Waals surface area contributed by atoms with E-state index in [4.69, 9.17) is 14.2 Å². The second-order valence-corrected chi connectivity index (χ2v) is 8.07. The number of esters is 1. The number of allylic oxidation sites excluding steroid dienone is 1. The highest BCUT2D eigenvalue weighted by Crippen LogP contribution is 2.32. The highest BCUT2D eigenvalue weighted by atomic mass is 32.1. The summed E-state index contributed by atoms with van der Waals surface area (Å²) in [6.07, 6.45) is 1.79. The number of nitriles is 1. The van der Waals surface area contributed by atoms with Crippen LogP contribution in [0.4, 0.5) is 0 Å². The van der Waals surface area contributed by atoms with Gasteiger partial charge in [-0.1, -0.05) is 30.3 Å². The number of nitrogens with zero attached hydrogens (tertiary/aromatic N) is 2. The van der Waals surface area contributed by atoms with Gasteiger partial charge in [0.25, 0.3) is 0 Å². The van der Waals surface area contributed by atoms with Gasteiger partial charge < -0.3 is 14.2 Å². The van der Waals surface area contributed by atoms with Crippen molar-refractivity contribution < 1.29 is 19.0 Å². The summed E-state index contributed by atoms with van der Waals surface area (Å²) in [6.45, 7) is 0.308. The molecule has 0 spiro atoms. The Balaban J connectivity index is 1.52. The molecule has 0 bridgehead atoms. The van der Waals surface area contributed by atoms with E-state index >= 15 is 0 Å². The molecule has 0 unspecified atom stereocenters. The summed E-state index contributed by atoms with van der Waals surface area (Å²) in [7, 11) is 2.92. The Labute approximate surface area is 195 Å². The number of thiazole rings is 1. The van der Waals surface area contributed by atoms with Gasteiger partial charge in [0, 0.05) is 0 Å². The average molecular weight is 457 g/mol. The van der Waals surface area contributed by atoms with Crippen LogP contribution in [0.3, 0.4) is 0 Å². The molecule has 0 aliphatic heterocycles. The average Bonchev–Trinajstić information content (AvgIpc) is 3.30. The first-order valence-corrected chi connectivity index (χ1v) is 10.9. The Kier molecular flexibility index (Phi) is 6.67. The van der Waals surface area contributed by atoms with Crippen LogP contribution in [0.2, 0.25) is 0 Å². The smallest absolute Gasteiger partial charge is 0.337 e. The SMILES string of the molecule is COC(=O)c1ccc(COc2ccc(/C=C(/C#N)c3nc4ccccc4s3)cc2OC)cc1. The second-order valence-electron chi connectivity index (χ2n) is 7.04. The third-order valence-corrected chi connectivity index (χ3v) is 5.98. The molecular weight excluding hydrogens is 436 g/mol. The minimum Gasteiger partial charge on any atom is -0.493 e. The normalized spacial score (nSPS) is 11.1. The number of ether oxygens (including phenoxy) is 3. The molecule has 0 radical (unpaired) electrons. The first kappa shape index (κ1) is 22.1. The minimum absolute atomic E-state index is 0.308. The van der Waals surface area contributed by atoms with Crippen LogP contribution >= 0.6 is 11.3 Å². The van der Waals surface area contributed by atoms with Gasteiger partial charge in [0.05, 0.1) is 35.6 Å². The van der Waals surface area contributed by atoms with Crippen molar-refractivity contribution in [1.82, 2.24) is 4.98 Å². The molecule has 164 valence electrons. The summed E-state index contributed by atoms with van der Waals surface area (Å²) < 4.78 is 17.2. The molecule has 3 aromatic carbocycles. The maximum Gasteiger partial charge on any atom is 0.337 e. The third kappa shape index (κ3) is 5.03. The van der Waals surface area contributed by atoms with Gasteiger partial charge in [-0.3, -0.25) is 0 Å². The molecule has 33 heavy (non-hydrogen) atoms. The van der Waals surface area contributed by atoms with Gasteiger partial charge in [0.2, 0.25) is 0 Å². The molecule has 0 saturated heterocycles. The topological polar surface area (TPSA) is 81.4 Å². The first-order valence-electron chi connectivity index (χ1n) is 10.1. The standard InChI is InChI=1S/C26H20N2O4S/c1-30-23-14-18(13-20(15-27)25-28-21-5-3-4-6-24(21)33-25)9-12-22(23)32-16-17-7-10-19(11-8-17)26(29)31-2/h3-14H,16H2,1-2H3/b20-13-. The molecule has 0 aliphatic carbocycles. The second kappa shape index (κ2) is 9.98. The van der Waals surface area contributed by atoms with Gasteiger partial charge in [-0.15, -0.1) is 11.3 Å². The van der Waals surface area contributed by atoms with E-state index in [9.17, 15) is 10.1 Å². The molecule has 0 fully saturated rings. The van der Waals surface area contributed by atoms with Crippen LogP contribution in [0.15, 0.2) is 66.7 Å². The number of carbonyl (C=O) groups is 1. The van der Waals surface area contributed by atoms with E-state index in [0.717, 1.165) is 21.3 Å². The Morgan fingerprint density at radius 1 is 1.06 bits per heavy atom. The number of hydrogen-bond acceptors (Lipinski definition) is 7. The lowest BCUT2D eigenvalue weighted by Gasteiger charge is -2.12. The number of methoxy groups -OCH3 is 2. The van der Waals surface area contributed by atoms with Crippen molar-refractivity contribution in [2.24, 2.45) is 0 Å². The van der Waals surface area contributed by atoms with Crippen molar-refractivity contribution in [3.8, 4) is 17.6 Å². The van der Waals surface area contributed by atoms with Crippen LogP contribution in [0, 0.1) is 11.3 Å².